The molecule has 124 valence electrons. The Labute approximate surface area is 130 Å². The van der Waals surface area contributed by atoms with Gasteiger partial charge in [0, 0.05) is 0 Å². The van der Waals surface area contributed by atoms with E-state index in [2.05, 4.69) is 13.8 Å². The lowest BCUT2D eigenvalue weighted by Crippen LogP contribution is -2.14. The number of epoxide rings is 1. The van der Waals surface area contributed by atoms with Gasteiger partial charge >= 0.3 is 5.97 Å². The van der Waals surface area contributed by atoms with Gasteiger partial charge in [-0.3, -0.25) is 0 Å². The highest BCUT2D eigenvalue weighted by Gasteiger charge is 2.45. The number of unbranched alkanes of at least 4 members (excludes halogenated alkanes) is 9. The molecule has 0 spiro atoms. The number of carbonyl (C=O) groups excluding carboxylic acids is 1. The van der Waals surface area contributed by atoms with Gasteiger partial charge in [0.05, 0.1) is 12.7 Å². The third-order valence-corrected chi connectivity index (χ3v) is 4.15. The van der Waals surface area contributed by atoms with E-state index in [0.29, 0.717) is 6.61 Å². The molecule has 1 rings (SSSR count). The van der Waals surface area contributed by atoms with Gasteiger partial charge in [0.2, 0.25) is 0 Å². The topological polar surface area (TPSA) is 38.8 Å². The molecule has 0 radical (unpaired) electrons. The van der Waals surface area contributed by atoms with E-state index >= 15 is 0 Å². The summed E-state index contributed by atoms with van der Waals surface area (Å²) in [6.45, 7) is 4.89. The second-order valence-electron chi connectivity index (χ2n) is 6.23. The van der Waals surface area contributed by atoms with Crippen molar-refractivity contribution in [2.75, 3.05) is 6.61 Å². The lowest BCUT2D eigenvalue weighted by Gasteiger charge is -2.02. The van der Waals surface area contributed by atoms with Crippen molar-refractivity contribution in [2.24, 2.45) is 0 Å². The molecule has 0 aliphatic carbocycles. The fourth-order valence-electron chi connectivity index (χ4n) is 2.63. The molecule has 1 heterocycles. The van der Waals surface area contributed by atoms with Crippen molar-refractivity contribution in [3.63, 3.8) is 0 Å². The van der Waals surface area contributed by atoms with Crippen LogP contribution in [0.4, 0.5) is 0 Å². The normalized spacial score (nSPS) is 20.5. The largest absolute Gasteiger partial charge is 0.464 e. The molecule has 3 nitrogen and oxygen atoms in total. The first-order valence-corrected chi connectivity index (χ1v) is 9.11. The number of hydrogen-bond donors (Lipinski definition) is 0. The second kappa shape index (κ2) is 12.0. The van der Waals surface area contributed by atoms with Crippen molar-refractivity contribution >= 4 is 5.97 Å². The first kappa shape index (κ1) is 18.5. The minimum absolute atomic E-state index is 0.142. The highest BCUT2D eigenvalue weighted by molar-refractivity contribution is 5.77. The lowest BCUT2D eigenvalue weighted by molar-refractivity contribution is -0.145. The van der Waals surface area contributed by atoms with Crippen LogP contribution in [-0.4, -0.2) is 24.8 Å². The van der Waals surface area contributed by atoms with Crippen molar-refractivity contribution in [1.29, 1.82) is 0 Å². The van der Waals surface area contributed by atoms with Gasteiger partial charge in [-0.05, 0) is 12.8 Å². The summed E-state index contributed by atoms with van der Waals surface area (Å²) < 4.78 is 10.6. The highest BCUT2D eigenvalue weighted by atomic mass is 16.6. The van der Waals surface area contributed by atoms with E-state index in [1.54, 1.807) is 0 Å². The van der Waals surface area contributed by atoms with Crippen LogP contribution in [0.25, 0.3) is 0 Å². The van der Waals surface area contributed by atoms with Gasteiger partial charge in [0.1, 0.15) is 0 Å². The Hall–Kier alpha value is -0.570. The minimum atomic E-state index is -0.254. The van der Waals surface area contributed by atoms with Crippen LogP contribution in [0.2, 0.25) is 0 Å². The monoisotopic (exact) mass is 298 g/mol. The van der Waals surface area contributed by atoms with Gasteiger partial charge in [-0.25, -0.2) is 4.79 Å². The summed E-state index contributed by atoms with van der Waals surface area (Å²) in [4.78, 5) is 11.6. The lowest BCUT2D eigenvalue weighted by atomic mass is 10.1. The molecule has 0 bridgehead atoms. The molecule has 1 aliphatic heterocycles. The summed E-state index contributed by atoms with van der Waals surface area (Å²) in [6, 6.07) is 0. The van der Waals surface area contributed by atoms with Gasteiger partial charge in [-0.1, -0.05) is 78.1 Å². The third-order valence-electron chi connectivity index (χ3n) is 4.15. The molecular weight excluding hydrogens is 264 g/mol. The molecule has 0 saturated carbocycles. The second-order valence-corrected chi connectivity index (χ2v) is 6.23. The van der Waals surface area contributed by atoms with Crippen LogP contribution in [0.5, 0.6) is 0 Å². The predicted octanol–water partition coefficient (Wildman–Crippen LogP) is 5.02. The Kier molecular flexibility index (Phi) is 10.6. The Morgan fingerprint density at radius 1 is 0.857 bits per heavy atom. The van der Waals surface area contributed by atoms with Gasteiger partial charge in [-0.2, -0.15) is 0 Å². The van der Waals surface area contributed by atoms with Crippen molar-refractivity contribution in [3.05, 3.63) is 0 Å². The summed E-state index contributed by atoms with van der Waals surface area (Å²) in [7, 11) is 0. The molecule has 2 atom stereocenters. The van der Waals surface area contributed by atoms with E-state index in [1.165, 1.54) is 57.8 Å². The van der Waals surface area contributed by atoms with E-state index in [1.807, 2.05) is 0 Å². The first-order valence-electron chi connectivity index (χ1n) is 9.11. The Balaban J connectivity index is 1.84. The number of esters is 1. The van der Waals surface area contributed by atoms with Gasteiger partial charge in [0.15, 0.2) is 6.10 Å². The fourth-order valence-corrected chi connectivity index (χ4v) is 2.63. The average molecular weight is 298 g/mol. The van der Waals surface area contributed by atoms with E-state index in [0.717, 1.165) is 19.3 Å². The van der Waals surface area contributed by atoms with Gasteiger partial charge in [-0.15, -0.1) is 0 Å². The molecule has 21 heavy (non-hydrogen) atoms. The van der Waals surface area contributed by atoms with Crippen molar-refractivity contribution in [1.82, 2.24) is 0 Å². The zero-order chi connectivity index (χ0) is 15.3. The summed E-state index contributed by atoms with van der Waals surface area (Å²) in [5.74, 6) is -0.149. The maximum atomic E-state index is 11.6. The number of hydrogen-bond acceptors (Lipinski definition) is 3. The predicted molar refractivity (Wildman–Crippen MR) is 86.4 cm³/mol. The van der Waals surface area contributed by atoms with Crippen LogP contribution in [0.15, 0.2) is 0 Å². The van der Waals surface area contributed by atoms with Crippen LogP contribution >= 0.6 is 0 Å². The Morgan fingerprint density at radius 3 is 2.05 bits per heavy atom. The summed E-state index contributed by atoms with van der Waals surface area (Å²) in [5, 5.41) is 0. The fraction of sp³-hybridized carbons (Fsp3) is 0.944. The molecule has 0 amide bonds. The molecule has 2 unspecified atom stereocenters. The summed E-state index contributed by atoms with van der Waals surface area (Å²) >= 11 is 0. The van der Waals surface area contributed by atoms with Crippen LogP contribution in [0.1, 0.15) is 90.9 Å². The number of rotatable bonds is 14. The zero-order valence-corrected chi connectivity index (χ0v) is 14.1. The molecular formula is C18H34O3. The Bertz CT molecular complexity index is 265. The maximum Gasteiger partial charge on any atom is 0.338 e. The molecule has 0 aromatic heterocycles. The van der Waals surface area contributed by atoms with E-state index < -0.39 is 0 Å². The molecule has 0 N–H and O–H groups in total. The smallest absolute Gasteiger partial charge is 0.338 e. The van der Waals surface area contributed by atoms with E-state index in [4.69, 9.17) is 9.47 Å². The Morgan fingerprint density at radius 2 is 1.43 bits per heavy atom. The maximum absolute atomic E-state index is 11.6. The van der Waals surface area contributed by atoms with Gasteiger partial charge < -0.3 is 9.47 Å². The third kappa shape index (κ3) is 9.13. The quantitative estimate of drug-likeness (QED) is 0.257. The van der Waals surface area contributed by atoms with E-state index in [-0.39, 0.29) is 18.2 Å². The first-order chi connectivity index (χ1) is 10.3. The standard InChI is InChI=1S/C18H34O3/c1-3-5-7-8-9-10-11-12-13-14-16-17(21-16)18(19)20-15-6-4-2/h16-17H,3-15H2,1-2H3. The van der Waals surface area contributed by atoms with Crippen molar-refractivity contribution in [3.8, 4) is 0 Å². The summed E-state index contributed by atoms with van der Waals surface area (Å²) in [6.07, 6.45) is 14.9. The number of ether oxygens (including phenoxy) is 2. The van der Waals surface area contributed by atoms with Crippen LogP contribution in [0, 0.1) is 0 Å². The molecule has 1 aliphatic rings. The molecule has 0 aromatic carbocycles. The van der Waals surface area contributed by atoms with E-state index in [9.17, 15) is 4.79 Å². The van der Waals surface area contributed by atoms with Crippen LogP contribution < -0.4 is 0 Å². The van der Waals surface area contributed by atoms with Gasteiger partial charge in [0.25, 0.3) is 0 Å². The van der Waals surface area contributed by atoms with Crippen molar-refractivity contribution in [2.45, 2.75) is 103 Å². The molecule has 3 heteroatoms. The highest BCUT2D eigenvalue weighted by Crippen LogP contribution is 2.28. The zero-order valence-electron chi connectivity index (χ0n) is 14.1. The van der Waals surface area contributed by atoms with Crippen LogP contribution in [0.3, 0.4) is 0 Å². The summed E-state index contributed by atoms with van der Waals surface area (Å²) in [5.41, 5.74) is 0. The number of carbonyl (C=O) groups is 1. The minimum Gasteiger partial charge on any atom is -0.464 e. The van der Waals surface area contributed by atoms with Crippen LogP contribution in [-0.2, 0) is 14.3 Å². The molecule has 1 saturated heterocycles. The average Bonchev–Trinajstić information content (AvgIpc) is 3.25. The molecule has 1 fully saturated rings. The SMILES string of the molecule is CCCCCCCCCCCC1OC1C(=O)OCCCC. The van der Waals surface area contributed by atoms with Crippen molar-refractivity contribution < 1.29 is 14.3 Å². The molecule has 0 aromatic rings.